The third-order valence-electron chi connectivity index (χ3n) is 3.78. The average Bonchev–Trinajstić information content (AvgIpc) is 2.44. The van der Waals surface area contributed by atoms with E-state index in [1.807, 2.05) is 0 Å². The van der Waals surface area contributed by atoms with Gasteiger partial charge in [-0.1, -0.05) is 44.2 Å². The lowest BCUT2D eigenvalue weighted by Gasteiger charge is -2.35. The van der Waals surface area contributed by atoms with Gasteiger partial charge in [-0.05, 0) is 33.3 Å². The van der Waals surface area contributed by atoms with Gasteiger partial charge in [0.25, 0.3) is 0 Å². The highest BCUT2D eigenvalue weighted by atomic mass is 15.2. The summed E-state index contributed by atoms with van der Waals surface area (Å²) in [7, 11) is 6.47. The zero-order valence-corrected chi connectivity index (χ0v) is 13.8. The van der Waals surface area contributed by atoms with Gasteiger partial charge < -0.3 is 15.1 Å². The van der Waals surface area contributed by atoms with Gasteiger partial charge in [0.1, 0.15) is 0 Å². The normalized spacial score (nSPS) is 14.8. The van der Waals surface area contributed by atoms with Crippen LogP contribution >= 0.6 is 0 Å². The van der Waals surface area contributed by atoms with Gasteiger partial charge in [0.05, 0.1) is 0 Å². The summed E-state index contributed by atoms with van der Waals surface area (Å²) >= 11 is 0. The van der Waals surface area contributed by atoms with Crippen LogP contribution in [0.1, 0.15) is 19.4 Å². The quantitative estimate of drug-likeness (QED) is 0.745. The van der Waals surface area contributed by atoms with Gasteiger partial charge in [-0.15, -0.1) is 0 Å². The summed E-state index contributed by atoms with van der Waals surface area (Å²) in [4.78, 5) is 4.67. The molecule has 0 amide bonds. The molecule has 0 aliphatic heterocycles. The first kappa shape index (κ1) is 17.2. The standard InChI is InChI=1S/C17H31N3/c1-6-18-14-17(2,16-10-8-7-9-11-16)15-20(5)13-12-19(3)4/h7-11,18H,6,12-15H2,1-5H3. The SMILES string of the molecule is CCNCC(C)(CN(C)CCN(C)C)c1ccccc1. The molecule has 0 heterocycles. The minimum absolute atomic E-state index is 0.151. The van der Waals surface area contributed by atoms with Crippen molar-refractivity contribution >= 4 is 0 Å². The Morgan fingerprint density at radius 2 is 1.70 bits per heavy atom. The van der Waals surface area contributed by atoms with Gasteiger partial charge in [-0.2, -0.15) is 0 Å². The lowest BCUT2D eigenvalue weighted by molar-refractivity contribution is 0.228. The second-order valence-electron chi connectivity index (χ2n) is 6.25. The Bertz CT molecular complexity index is 364. The topological polar surface area (TPSA) is 18.5 Å². The monoisotopic (exact) mass is 277 g/mol. The maximum atomic E-state index is 3.52. The molecule has 1 aromatic carbocycles. The molecule has 20 heavy (non-hydrogen) atoms. The average molecular weight is 277 g/mol. The van der Waals surface area contributed by atoms with Crippen LogP contribution in [-0.2, 0) is 5.41 Å². The van der Waals surface area contributed by atoms with E-state index in [1.165, 1.54) is 5.56 Å². The number of nitrogens with zero attached hydrogens (tertiary/aromatic N) is 2. The van der Waals surface area contributed by atoms with Crippen molar-refractivity contribution in [2.75, 3.05) is 53.9 Å². The van der Waals surface area contributed by atoms with Crippen molar-refractivity contribution in [1.29, 1.82) is 0 Å². The maximum Gasteiger partial charge on any atom is 0.0176 e. The van der Waals surface area contributed by atoms with Crippen LogP contribution < -0.4 is 5.32 Å². The Balaban J connectivity index is 2.73. The van der Waals surface area contributed by atoms with Crippen molar-refractivity contribution in [3.63, 3.8) is 0 Å². The summed E-state index contributed by atoms with van der Waals surface area (Å²) in [6, 6.07) is 10.9. The van der Waals surface area contributed by atoms with Crippen LogP contribution in [0.25, 0.3) is 0 Å². The molecule has 0 spiro atoms. The minimum atomic E-state index is 0.151. The van der Waals surface area contributed by atoms with E-state index in [-0.39, 0.29) is 5.41 Å². The fraction of sp³-hybridized carbons (Fsp3) is 0.647. The Labute approximate surface area is 125 Å². The zero-order valence-electron chi connectivity index (χ0n) is 13.8. The van der Waals surface area contributed by atoms with Gasteiger partial charge in [0.15, 0.2) is 0 Å². The Kier molecular flexibility index (Phi) is 7.20. The van der Waals surface area contributed by atoms with Crippen LogP contribution in [0.2, 0.25) is 0 Å². The van der Waals surface area contributed by atoms with Crippen LogP contribution in [0.4, 0.5) is 0 Å². The lowest BCUT2D eigenvalue weighted by atomic mass is 9.81. The molecule has 3 heteroatoms. The van der Waals surface area contributed by atoms with E-state index >= 15 is 0 Å². The summed E-state index contributed by atoms with van der Waals surface area (Å²) in [6.07, 6.45) is 0. The van der Waals surface area contributed by atoms with Gasteiger partial charge in [0.2, 0.25) is 0 Å². The van der Waals surface area contributed by atoms with Gasteiger partial charge in [-0.3, -0.25) is 0 Å². The smallest absolute Gasteiger partial charge is 0.0176 e. The molecule has 3 nitrogen and oxygen atoms in total. The summed E-state index contributed by atoms with van der Waals surface area (Å²) in [5.74, 6) is 0. The van der Waals surface area contributed by atoms with Crippen LogP contribution in [-0.4, -0.2) is 63.7 Å². The van der Waals surface area contributed by atoms with E-state index in [9.17, 15) is 0 Å². The predicted molar refractivity (Wildman–Crippen MR) is 88.4 cm³/mol. The number of rotatable bonds is 9. The fourth-order valence-corrected chi connectivity index (χ4v) is 2.54. The van der Waals surface area contributed by atoms with Gasteiger partial charge >= 0.3 is 0 Å². The Morgan fingerprint density at radius 1 is 1.05 bits per heavy atom. The van der Waals surface area contributed by atoms with Gasteiger partial charge in [0, 0.05) is 31.6 Å². The number of nitrogens with one attached hydrogen (secondary N) is 1. The first-order chi connectivity index (χ1) is 9.48. The summed E-state index contributed by atoms with van der Waals surface area (Å²) in [5, 5.41) is 3.52. The van der Waals surface area contributed by atoms with E-state index in [0.717, 1.165) is 32.7 Å². The molecule has 1 N–H and O–H groups in total. The first-order valence-corrected chi connectivity index (χ1v) is 7.57. The predicted octanol–water partition coefficient (Wildman–Crippen LogP) is 2.05. The fourth-order valence-electron chi connectivity index (χ4n) is 2.54. The van der Waals surface area contributed by atoms with Gasteiger partial charge in [-0.25, -0.2) is 0 Å². The number of hydrogen-bond donors (Lipinski definition) is 1. The van der Waals surface area contributed by atoms with Crippen molar-refractivity contribution in [2.24, 2.45) is 0 Å². The lowest BCUT2D eigenvalue weighted by Crippen LogP contribution is -2.45. The van der Waals surface area contributed by atoms with Crippen molar-refractivity contribution < 1.29 is 0 Å². The minimum Gasteiger partial charge on any atom is -0.316 e. The molecule has 1 atom stereocenters. The highest BCUT2D eigenvalue weighted by molar-refractivity contribution is 5.25. The third-order valence-corrected chi connectivity index (χ3v) is 3.78. The third kappa shape index (κ3) is 5.61. The molecular formula is C17H31N3. The molecule has 0 saturated carbocycles. The first-order valence-electron chi connectivity index (χ1n) is 7.57. The van der Waals surface area contributed by atoms with Crippen LogP contribution in [0.5, 0.6) is 0 Å². The molecule has 0 aliphatic carbocycles. The molecule has 0 aromatic heterocycles. The summed E-state index contributed by atoms with van der Waals surface area (Å²) < 4.78 is 0. The molecular weight excluding hydrogens is 246 g/mol. The molecule has 0 bridgehead atoms. The summed E-state index contributed by atoms with van der Waals surface area (Å²) in [6.45, 7) is 9.82. The number of likely N-dealkylation sites (N-methyl/N-ethyl adjacent to an activating group) is 3. The van der Waals surface area contributed by atoms with Crippen molar-refractivity contribution in [2.45, 2.75) is 19.3 Å². The number of hydrogen-bond acceptors (Lipinski definition) is 3. The van der Waals surface area contributed by atoms with Crippen molar-refractivity contribution in [3.8, 4) is 0 Å². The van der Waals surface area contributed by atoms with E-state index in [1.54, 1.807) is 0 Å². The molecule has 1 aromatic rings. The van der Waals surface area contributed by atoms with E-state index in [4.69, 9.17) is 0 Å². The van der Waals surface area contributed by atoms with E-state index in [2.05, 4.69) is 80.4 Å². The molecule has 1 rings (SSSR count). The van der Waals surface area contributed by atoms with Crippen LogP contribution in [0.15, 0.2) is 30.3 Å². The zero-order chi connectivity index (χ0) is 15.0. The molecule has 0 fully saturated rings. The largest absolute Gasteiger partial charge is 0.316 e. The number of benzene rings is 1. The summed E-state index contributed by atoms with van der Waals surface area (Å²) in [5.41, 5.74) is 1.57. The molecule has 0 radical (unpaired) electrons. The van der Waals surface area contributed by atoms with E-state index in [0.29, 0.717) is 0 Å². The molecule has 114 valence electrons. The molecule has 0 saturated heterocycles. The highest BCUT2D eigenvalue weighted by Crippen LogP contribution is 2.24. The maximum absolute atomic E-state index is 3.52. The van der Waals surface area contributed by atoms with Crippen LogP contribution in [0, 0.1) is 0 Å². The molecule has 1 unspecified atom stereocenters. The van der Waals surface area contributed by atoms with Crippen molar-refractivity contribution in [3.05, 3.63) is 35.9 Å². The van der Waals surface area contributed by atoms with Crippen molar-refractivity contribution in [1.82, 2.24) is 15.1 Å². The Hall–Kier alpha value is -0.900. The Morgan fingerprint density at radius 3 is 2.25 bits per heavy atom. The molecule has 0 aliphatic rings. The highest BCUT2D eigenvalue weighted by Gasteiger charge is 2.27. The second kappa shape index (κ2) is 8.40. The second-order valence-corrected chi connectivity index (χ2v) is 6.25. The van der Waals surface area contributed by atoms with Crippen LogP contribution in [0.3, 0.4) is 0 Å². The van der Waals surface area contributed by atoms with E-state index < -0.39 is 0 Å².